The minimum absolute atomic E-state index is 0.136. The number of ether oxygens (including phenoxy) is 2. The molecule has 7 nitrogen and oxygen atoms in total. The summed E-state index contributed by atoms with van der Waals surface area (Å²) in [6, 6.07) is 18.8. The van der Waals surface area contributed by atoms with Crippen LogP contribution in [0.5, 0.6) is 17.4 Å². The van der Waals surface area contributed by atoms with Crippen molar-refractivity contribution >= 4 is 45.9 Å². The fourth-order valence-corrected chi connectivity index (χ4v) is 5.45. The van der Waals surface area contributed by atoms with Gasteiger partial charge in [-0.15, -0.1) is 0 Å². The lowest BCUT2D eigenvalue weighted by Crippen LogP contribution is -2.30. The molecule has 4 aromatic rings. The van der Waals surface area contributed by atoms with Crippen LogP contribution in [0.15, 0.2) is 76.6 Å². The highest BCUT2D eigenvalue weighted by Crippen LogP contribution is 2.34. The summed E-state index contributed by atoms with van der Waals surface area (Å²) in [6.07, 6.45) is 3.81. The Morgan fingerprint density at radius 3 is 2.58 bits per heavy atom. The molecule has 0 bridgehead atoms. The van der Waals surface area contributed by atoms with Gasteiger partial charge in [0.1, 0.15) is 27.0 Å². The lowest BCUT2D eigenvalue weighted by atomic mass is 10.1. The van der Waals surface area contributed by atoms with Gasteiger partial charge in [0.25, 0.3) is 11.5 Å². The van der Waals surface area contributed by atoms with Crippen LogP contribution in [-0.2, 0) is 11.2 Å². The highest BCUT2D eigenvalue weighted by Gasteiger charge is 2.32. The summed E-state index contributed by atoms with van der Waals surface area (Å²) in [5, 5.41) is 0. The van der Waals surface area contributed by atoms with E-state index in [0.29, 0.717) is 33.6 Å². The Morgan fingerprint density at radius 2 is 1.84 bits per heavy atom. The van der Waals surface area contributed by atoms with Crippen molar-refractivity contribution in [1.82, 2.24) is 14.3 Å². The fraction of sp³-hybridized carbons (Fsp3) is 0.172. The first-order chi connectivity index (χ1) is 18.3. The first-order valence-corrected chi connectivity index (χ1v) is 13.2. The Hall–Kier alpha value is -3.95. The summed E-state index contributed by atoms with van der Waals surface area (Å²) in [4.78, 5) is 33.4. The van der Waals surface area contributed by atoms with Gasteiger partial charge < -0.3 is 9.47 Å². The average molecular weight is 544 g/mol. The van der Waals surface area contributed by atoms with E-state index < -0.39 is 0 Å². The third kappa shape index (κ3) is 5.20. The second-order valence-corrected chi connectivity index (χ2v) is 10.5. The van der Waals surface area contributed by atoms with Gasteiger partial charge in [-0.2, -0.15) is 4.98 Å². The van der Waals surface area contributed by atoms with Crippen molar-refractivity contribution in [2.45, 2.75) is 20.3 Å². The molecule has 1 aliphatic rings. The third-order valence-electron chi connectivity index (χ3n) is 6.20. The van der Waals surface area contributed by atoms with Gasteiger partial charge in [-0.3, -0.25) is 18.9 Å². The molecular weight excluding hydrogens is 518 g/mol. The van der Waals surface area contributed by atoms with Gasteiger partial charge in [-0.25, -0.2) is 0 Å². The van der Waals surface area contributed by atoms with Crippen molar-refractivity contribution in [2.24, 2.45) is 0 Å². The number of aryl methyl sites for hydroxylation is 2. The number of hydrogen-bond donors (Lipinski definition) is 0. The van der Waals surface area contributed by atoms with E-state index in [4.69, 9.17) is 21.7 Å². The van der Waals surface area contributed by atoms with Crippen LogP contribution in [0.3, 0.4) is 0 Å². The molecule has 192 valence electrons. The summed E-state index contributed by atoms with van der Waals surface area (Å²) >= 11 is 6.69. The van der Waals surface area contributed by atoms with E-state index >= 15 is 0 Å². The number of carbonyl (C=O) groups is 1. The molecule has 5 rings (SSSR count). The number of pyridine rings is 1. The van der Waals surface area contributed by atoms with E-state index in [1.165, 1.54) is 16.2 Å². The molecule has 0 radical (unpaired) electrons. The minimum atomic E-state index is -0.334. The van der Waals surface area contributed by atoms with Crippen LogP contribution in [-0.4, -0.2) is 38.2 Å². The number of methoxy groups -OCH3 is 1. The minimum Gasteiger partial charge on any atom is -0.497 e. The maximum absolute atomic E-state index is 13.5. The molecule has 0 atom stereocenters. The Labute approximate surface area is 229 Å². The van der Waals surface area contributed by atoms with Crippen molar-refractivity contribution < 1.29 is 14.3 Å². The molecule has 0 aliphatic carbocycles. The average Bonchev–Trinajstić information content (AvgIpc) is 3.18. The van der Waals surface area contributed by atoms with Crippen molar-refractivity contribution in [2.75, 3.05) is 13.7 Å². The molecule has 2 aromatic carbocycles. The zero-order chi connectivity index (χ0) is 26.8. The smallest absolute Gasteiger partial charge is 0.269 e. The van der Waals surface area contributed by atoms with E-state index in [0.717, 1.165) is 22.4 Å². The van der Waals surface area contributed by atoms with Crippen LogP contribution in [0.25, 0.3) is 11.7 Å². The Balaban J connectivity index is 1.48. The molecule has 9 heteroatoms. The molecule has 3 heterocycles. The van der Waals surface area contributed by atoms with E-state index in [2.05, 4.69) is 4.98 Å². The summed E-state index contributed by atoms with van der Waals surface area (Å²) in [5.41, 5.74) is 3.37. The first kappa shape index (κ1) is 25.7. The molecular formula is C29H25N3O4S2. The summed E-state index contributed by atoms with van der Waals surface area (Å²) < 4.78 is 13.3. The molecule has 1 fully saturated rings. The van der Waals surface area contributed by atoms with Crippen LogP contribution >= 0.6 is 24.0 Å². The van der Waals surface area contributed by atoms with Crippen LogP contribution in [0, 0.1) is 13.8 Å². The Bertz CT molecular complexity index is 1640. The highest BCUT2D eigenvalue weighted by atomic mass is 32.2. The number of amides is 1. The van der Waals surface area contributed by atoms with Crippen molar-refractivity contribution in [3.05, 3.63) is 104 Å². The Morgan fingerprint density at radius 1 is 1.05 bits per heavy atom. The normalized spacial score (nSPS) is 14.5. The highest BCUT2D eigenvalue weighted by molar-refractivity contribution is 8.26. The molecule has 0 saturated carbocycles. The molecule has 0 unspecified atom stereocenters. The second-order valence-electron chi connectivity index (χ2n) is 8.87. The van der Waals surface area contributed by atoms with E-state index in [1.54, 1.807) is 42.5 Å². The van der Waals surface area contributed by atoms with Crippen LogP contribution < -0.4 is 15.0 Å². The van der Waals surface area contributed by atoms with E-state index in [1.807, 2.05) is 56.3 Å². The largest absolute Gasteiger partial charge is 0.497 e. The van der Waals surface area contributed by atoms with Gasteiger partial charge >= 0.3 is 0 Å². The molecule has 1 saturated heterocycles. The predicted molar refractivity (Wildman–Crippen MR) is 154 cm³/mol. The number of aromatic nitrogens is 2. The van der Waals surface area contributed by atoms with Gasteiger partial charge in [0.2, 0.25) is 5.88 Å². The molecule has 0 N–H and O–H groups in total. The van der Waals surface area contributed by atoms with Gasteiger partial charge in [0.15, 0.2) is 0 Å². The Kier molecular flexibility index (Phi) is 7.31. The zero-order valence-corrected chi connectivity index (χ0v) is 22.8. The van der Waals surface area contributed by atoms with Crippen molar-refractivity contribution in [3.63, 3.8) is 0 Å². The number of carbonyl (C=O) groups excluding carboxylic acids is 1. The van der Waals surface area contributed by atoms with Crippen LogP contribution in [0.4, 0.5) is 0 Å². The number of thioether (sulfide) groups is 1. The summed E-state index contributed by atoms with van der Waals surface area (Å²) in [6.45, 7) is 4.36. The zero-order valence-electron chi connectivity index (χ0n) is 21.1. The molecule has 38 heavy (non-hydrogen) atoms. The van der Waals surface area contributed by atoms with Gasteiger partial charge in [-0.1, -0.05) is 59.9 Å². The quantitative estimate of drug-likeness (QED) is 0.223. The molecule has 2 aromatic heterocycles. The summed E-state index contributed by atoms with van der Waals surface area (Å²) in [5.74, 6) is 1.25. The number of rotatable bonds is 7. The SMILES string of the molecule is COc1ccc(CCN2C(=O)/C(=C\c3c(Oc4ccc(C)cc4C)nc4ccccn4c3=O)SC2=S)cc1. The standard InChI is InChI=1S/C29H25N3O4S2/c1-18-7-12-23(19(2)16-18)36-26-22(27(33)31-14-5-4-6-25(31)30-26)17-24-28(34)32(29(37)38-24)15-13-20-8-10-21(35-3)11-9-20/h4-12,14,16-17H,13,15H2,1-3H3/b24-17+. The second kappa shape index (κ2) is 10.8. The van der Waals surface area contributed by atoms with Crippen LogP contribution in [0.1, 0.15) is 22.3 Å². The molecule has 0 spiro atoms. The number of nitrogens with zero attached hydrogens (tertiary/aromatic N) is 3. The van der Waals surface area contributed by atoms with Crippen LogP contribution in [0.2, 0.25) is 0 Å². The number of fused-ring (bicyclic) bond motifs is 1. The van der Waals surface area contributed by atoms with Crippen molar-refractivity contribution in [1.29, 1.82) is 0 Å². The molecule has 1 aliphatic heterocycles. The van der Waals surface area contributed by atoms with E-state index in [9.17, 15) is 9.59 Å². The molecule has 1 amide bonds. The van der Waals surface area contributed by atoms with Gasteiger partial charge in [0, 0.05) is 12.7 Å². The van der Waals surface area contributed by atoms with E-state index in [-0.39, 0.29) is 22.9 Å². The van der Waals surface area contributed by atoms with Gasteiger partial charge in [-0.05, 0) is 67.8 Å². The third-order valence-corrected chi connectivity index (χ3v) is 7.58. The predicted octanol–water partition coefficient (Wildman–Crippen LogP) is 5.56. The number of benzene rings is 2. The first-order valence-electron chi connectivity index (χ1n) is 12.0. The fourth-order valence-electron chi connectivity index (χ4n) is 4.16. The maximum Gasteiger partial charge on any atom is 0.269 e. The lowest BCUT2D eigenvalue weighted by molar-refractivity contribution is -0.122. The van der Waals surface area contributed by atoms with Crippen molar-refractivity contribution in [3.8, 4) is 17.4 Å². The number of thiocarbonyl (C=S) groups is 1. The monoisotopic (exact) mass is 543 g/mol. The number of hydrogen-bond acceptors (Lipinski definition) is 7. The maximum atomic E-state index is 13.5. The van der Waals surface area contributed by atoms with Gasteiger partial charge in [0.05, 0.1) is 12.0 Å². The summed E-state index contributed by atoms with van der Waals surface area (Å²) in [7, 11) is 1.62. The topological polar surface area (TPSA) is 73.1 Å². The lowest BCUT2D eigenvalue weighted by Gasteiger charge is -2.14.